The minimum atomic E-state index is -0.705. The molecule has 0 bridgehead atoms. The van der Waals surface area contributed by atoms with Crippen molar-refractivity contribution < 1.29 is 18.9 Å². The summed E-state index contributed by atoms with van der Waals surface area (Å²) in [7, 11) is 0.611. The first kappa shape index (κ1) is 31.6. The van der Waals surface area contributed by atoms with Gasteiger partial charge >= 0.3 is 5.97 Å². The summed E-state index contributed by atoms with van der Waals surface area (Å²) < 4.78 is 13.8. The Morgan fingerprint density at radius 2 is 1.27 bits per heavy atom. The van der Waals surface area contributed by atoms with Gasteiger partial charge in [0.2, 0.25) is 0 Å². The molecule has 0 radical (unpaired) electrons. The normalized spacial score (nSPS) is 11.7. The molecule has 0 aliphatic rings. The monoisotopic (exact) mass is 480 g/mol. The topological polar surface area (TPSA) is 60.4 Å². The van der Waals surface area contributed by atoms with Gasteiger partial charge in [-0.15, -0.1) is 0 Å². The lowest BCUT2D eigenvalue weighted by Gasteiger charge is -2.19. The predicted molar refractivity (Wildman–Crippen MR) is 143 cm³/mol. The van der Waals surface area contributed by atoms with E-state index in [0.29, 0.717) is 27.7 Å². The summed E-state index contributed by atoms with van der Waals surface area (Å²) in [5.41, 5.74) is 3.71. The molecule has 2 atom stereocenters. The molecule has 1 aromatic carbocycles. The van der Waals surface area contributed by atoms with Crippen molar-refractivity contribution in [1.82, 2.24) is 0 Å². The van der Waals surface area contributed by atoms with Crippen molar-refractivity contribution in [1.29, 1.82) is 0 Å². The van der Waals surface area contributed by atoms with Crippen molar-refractivity contribution in [3.05, 3.63) is 34.4 Å². The summed E-state index contributed by atoms with van der Waals surface area (Å²) in [6.45, 7) is 12.7. The van der Waals surface area contributed by atoms with E-state index in [9.17, 15) is 9.59 Å². The van der Waals surface area contributed by atoms with E-state index in [0.717, 1.165) is 29.5 Å². The molecule has 190 valence electrons. The number of benzene rings is 1. The van der Waals surface area contributed by atoms with Gasteiger partial charge < -0.3 is 9.30 Å². The standard InChI is InChI=1S/C28H46O3.H3OP/c1-7-8-9-10-11-12-13-14-15-16-17-31-28(30)25(18-21(2)3)27(29)26-23(5)19-22(4)20-24(26)6;1-2/h19-21,25H,7-18H2,1-6H3;2H3. The minimum Gasteiger partial charge on any atom is -0.465 e. The average molecular weight is 481 g/mol. The van der Waals surface area contributed by atoms with Gasteiger partial charge in [0.25, 0.3) is 0 Å². The van der Waals surface area contributed by atoms with E-state index in [2.05, 4.69) is 6.92 Å². The zero-order chi connectivity index (χ0) is 25.2. The summed E-state index contributed by atoms with van der Waals surface area (Å²) in [4.78, 5) is 26.1. The Balaban J connectivity index is 0.00000497. The number of ketones is 1. The van der Waals surface area contributed by atoms with Crippen LogP contribution < -0.4 is 0 Å². The van der Waals surface area contributed by atoms with Crippen molar-refractivity contribution >= 4 is 20.9 Å². The molecule has 33 heavy (non-hydrogen) atoms. The fourth-order valence-corrected chi connectivity index (χ4v) is 4.39. The third-order valence-corrected chi connectivity index (χ3v) is 5.97. The lowest BCUT2D eigenvalue weighted by Crippen LogP contribution is -2.29. The number of rotatable bonds is 16. The fraction of sp³-hybridized carbons (Fsp3) is 0.714. The molecule has 0 spiro atoms. The number of aryl methyl sites for hydroxylation is 3. The minimum absolute atomic E-state index is 0.0863. The molecule has 1 aromatic rings. The molecule has 0 aromatic heterocycles. The Labute approximate surface area is 204 Å². The van der Waals surface area contributed by atoms with Crippen molar-refractivity contribution in [2.75, 3.05) is 6.61 Å². The maximum atomic E-state index is 13.3. The van der Waals surface area contributed by atoms with Crippen molar-refractivity contribution in [2.24, 2.45) is 11.8 Å². The van der Waals surface area contributed by atoms with E-state index >= 15 is 0 Å². The molecule has 0 N–H and O–H groups in total. The first-order chi connectivity index (χ1) is 15.8. The highest BCUT2D eigenvalue weighted by Gasteiger charge is 2.31. The van der Waals surface area contributed by atoms with Gasteiger partial charge in [0.15, 0.2) is 5.78 Å². The zero-order valence-corrected chi connectivity index (χ0v) is 23.5. The van der Waals surface area contributed by atoms with E-state index in [1.807, 2.05) is 46.8 Å². The molecular weight excluding hydrogens is 431 g/mol. The lowest BCUT2D eigenvalue weighted by molar-refractivity contribution is -0.147. The molecule has 2 unspecified atom stereocenters. The number of carbonyl (C=O) groups is 2. The first-order valence-corrected chi connectivity index (χ1v) is 13.4. The highest BCUT2D eigenvalue weighted by Crippen LogP contribution is 2.25. The number of ether oxygens (including phenoxy) is 1. The van der Waals surface area contributed by atoms with Gasteiger partial charge in [0, 0.05) is 5.56 Å². The molecular formula is C28H49O4P. The second-order valence-corrected chi connectivity index (χ2v) is 9.67. The number of hydrogen-bond donors (Lipinski definition) is 0. The highest BCUT2D eigenvalue weighted by molar-refractivity contribution is 7.00. The SMILES string of the molecule is CCCCCCCCCCCCOC(=O)C(CC(C)C)C(=O)c1c(C)cc(C)cc1C.O=[PH3]. The largest absolute Gasteiger partial charge is 0.465 e. The van der Waals surface area contributed by atoms with E-state index in [1.54, 1.807) is 0 Å². The Morgan fingerprint density at radius 3 is 1.73 bits per heavy atom. The van der Waals surface area contributed by atoms with Crippen LogP contribution in [-0.2, 0) is 14.1 Å². The van der Waals surface area contributed by atoms with Crippen molar-refractivity contribution in [3.63, 3.8) is 0 Å². The van der Waals surface area contributed by atoms with Crippen LogP contribution in [0.2, 0.25) is 0 Å². The van der Waals surface area contributed by atoms with Gasteiger partial charge in [-0.1, -0.05) is 96.3 Å². The number of unbranched alkanes of at least 4 members (excludes halogenated alkanes) is 9. The molecule has 0 fully saturated rings. The van der Waals surface area contributed by atoms with Gasteiger partial charge in [-0.25, -0.2) is 0 Å². The maximum absolute atomic E-state index is 13.3. The number of hydrogen-bond acceptors (Lipinski definition) is 4. The molecule has 0 aliphatic carbocycles. The molecule has 0 saturated heterocycles. The van der Waals surface area contributed by atoms with Crippen LogP contribution in [0.5, 0.6) is 0 Å². The number of Topliss-reactive ketones (excluding diaryl/α,β-unsaturated/α-hetero) is 1. The number of esters is 1. The Hall–Kier alpha value is -1.41. The molecule has 0 amide bonds. The van der Waals surface area contributed by atoms with Gasteiger partial charge in [-0.3, -0.25) is 9.59 Å². The van der Waals surface area contributed by atoms with Crippen molar-refractivity contribution in [2.45, 2.75) is 112 Å². The maximum Gasteiger partial charge on any atom is 0.316 e. The van der Waals surface area contributed by atoms with Gasteiger partial charge in [-0.05, 0) is 50.7 Å². The quantitative estimate of drug-likeness (QED) is 0.0794. The fourth-order valence-electron chi connectivity index (χ4n) is 4.39. The third kappa shape index (κ3) is 13.2. The van der Waals surface area contributed by atoms with Crippen LogP contribution in [-0.4, -0.2) is 18.4 Å². The summed E-state index contributed by atoms with van der Waals surface area (Å²) in [5, 5.41) is 0. The molecule has 4 nitrogen and oxygen atoms in total. The van der Waals surface area contributed by atoms with Crippen LogP contribution in [0.15, 0.2) is 12.1 Å². The Morgan fingerprint density at radius 1 is 0.818 bits per heavy atom. The van der Waals surface area contributed by atoms with Gasteiger partial charge in [0.05, 0.1) is 15.7 Å². The van der Waals surface area contributed by atoms with Crippen LogP contribution in [0, 0.1) is 32.6 Å². The summed E-state index contributed by atoms with van der Waals surface area (Å²) in [5.74, 6) is -0.890. The Kier molecular flexibility index (Phi) is 18.1. The van der Waals surface area contributed by atoms with Crippen LogP contribution in [0.25, 0.3) is 0 Å². The third-order valence-electron chi connectivity index (χ3n) is 5.97. The van der Waals surface area contributed by atoms with E-state index < -0.39 is 5.92 Å². The van der Waals surface area contributed by atoms with Crippen molar-refractivity contribution in [3.8, 4) is 0 Å². The van der Waals surface area contributed by atoms with Crippen LogP contribution in [0.3, 0.4) is 0 Å². The zero-order valence-electron chi connectivity index (χ0n) is 22.1. The van der Waals surface area contributed by atoms with Gasteiger partial charge in [0.1, 0.15) is 5.92 Å². The van der Waals surface area contributed by atoms with Gasteiger partial charge in [-0.2, -0.15) is 0 Å². The lowest BCUT2D eigenvalue weighted by atomic mass is 9.85. The predicted octanol–water partition coefficient (Wildman–Crippen LogP) is 7.86. The van der Waals surface area contributed by atoms with Crippen LogP contribution in [0.4, 0.5) is 0 Å². The first-order valence-electron chi connectivity index (χ1n) is 12.9. The average Bonchev–Trinajstić information content (AvgIpc) is 2.76. The molecule has 0 heterocycles. The Bertz CT molecular complexity index is 676. The summed E-state index contributed by atoms with van der Waals surface area (Å²) >= 11 is 0. The molecule has 1 rings (SSSR count). The van der Waals surface area contributed by atoms with E-state index in [-0.39, 0.29) is 17.7 Å². The second kappa shape index (κ2) is 19.0. The molecule has 0 saturated carbocycles. The summed E-state index contributed by atoms with van der Waals surface area (Å²) in [6.07, 6.45) is 13.0. The van der Waals surface area contributed by atoms with E-state index in [4.69, 9.17) is 9.30 Å². The second-order valence-electron chi connectivity index (χ2n) is 9.67. The molecule has 5 heteroatoms. The number of carbonyl (C=O) groups excluding carboxylic acids is 2. The van der Waals surface area contributed by atoms with E-state index in [1.165, 1.54) is 51.4 Å². The highest BCUT2D eigenvalue weighted by atomic mass is 31.0. The summed E-state index contributed by atoms with van der Waals surface area (Å²) in [6, 6.07) is 4.03. The molecule has 0 aliphatic heterocycles. The van der Waals surface area contributed by atoms with Crippen LogP contribution >= 0.6 is 9.12 Å². The smallest absolute Gasteiger partial charge is 0.316 e. The van der Waals surface area contributed by atoms with Crippen LogP contribution in [0.1, 0.15) is 118 Å².